The van der Waals surface area contributed by atoms with E-state index in [0.717, 1.165) is 49.1 Å². The van der Waals surface area contributed by atoms with E-state index in [1.54, 1.807) is 12.3 Å². The van der Waals surface area contributed by atoms with Crippen molar-refractivity contribution < 1.29 is 23.1 Å². The van der Waals surface area contributed by atoms with Gasteiger partial charge in [0.1, 0.15) is 11.5 Å². The maximum atomic E-state index is 12.6. The normalized spacial score (nSPS) is 18.6. The zero-order valence-corrected chi connectivity index (χ0v) is 17.8. The van der Waals surface area contributed by atoms with Crippen LogP contribution in [-0.2, 0) is 11.0 Å². The molecule has 5 nitrogen and oxygen atoms in total. The number of nitrogens with one attached hydrogen (secondary N) is 1. The molecule has 0 unspecified atom stereocenters. The van der Waals surface area contributed by atoms with Gasteiger partial charge in [-0.1, -0.05) is 24.3 Å². The van der Waals surface area contributed by atoms with E-state index in [4.69, 9.17) is 5.11 Å². The Bertz CT molecular complexity index is 1070. The molecule has 0 aliphatic heterocycles. The average molecular weight is 455 g/mol. The number of rotatable bonds is 6. The summed E-state index contributed by atoms with van der Waals surface area (Å²) in [4.78, 5) is 18.7. The molecule has 33 heavy (non-hydrogen) atoms. The SMILES string of the molecule is O=C(O)CC1CCC(c2ccc(-c3ccc(Nc4ccc(C(F)(F)F)nc4)nc3)cc2)CC1. The molecule has 0 radical (unpaired) electrons. The second-order valence-electron chi connectivity index (χ2n) is 8.42. The van der Waals surface area contributed by atoms with Crippen LogP contribution in [0.4, 0.5) is 24.7 Å². The van der Waals surface area contributed by atoms with E-state index in [2.05, 4.69) is 39.6 Å². The summed E-state index contributed by atoms with van der Waals surface area (Å²) in [6.07, 6.45) is 2.57. The summed E-state index contributed by atoms with van der Waals surface area (Å²) in [5, 5.41) is 11.9. The van der Waals surface area contributed by atoms with Crippen molar-refractivity contribution in [2.24, 2.45) is 5.92 Å². The van der Waals surface area contributed by atoms with Gasteiger partial charge >= 0.3 is 12.1 Å². The summed E-state index contributed by atoms with van der Waals surface area (Å²) < 4.78 is 37.9. The maximum absolute atomic E-state index is 12.6. The number of carboxylic acids is 1. The number of aromatic nitrogens is 2. The first-order valence-corrected chi connectivity index (χ1v) is 10.9. The zero-order valence-electron chi connectivity index (χ0n) is 17.8. The molecule has 1 fully saturated rings. The Morgan fingerprint density at radius 2 is 1.61 bits per heavy atom. The number of carboxylic acid groups (broad SMARTS) is 1. The quantitative estimate of drug-likeness (QED) is 0.435. The standard InChI is InChI=1S/C25H24F3N3O2/c26-25(27,28)22-11-10-21(15-29-22)31-23-12-9-20(14-30-23)19-7-5-18(6-8-19)17-3-1-16(2-4-17)13-24(32)33/h5-12,14-17H,1-4,13H2,(H,30,31)(H,32,33). The van der Waals surface area contributed by atoms with Crippen molar-refractivity contribution >= 4 is 17.5 Å². The second-order valence-corrected chi connectivity index (χ2v) is 8.42. The third kappa shape index (κ3) is 5.88. The number of carbonyl (C=O) groups is 1. The predicted octanol–water partition coefficient (Wildman–Crippen LogP) is 6.65. The van der Waals surface area contributed by atoms with Crippen molar-refractivity contribution in [3.63, 3.8) is 0 Å². The third-order valence-corrected chi connectivity index (χ3v) is 6.12. The van der Waals surface area contributed by atoms with Crippen molar-refractivity contribution in [3.05, 3.63) is 72.2 Å². The highest BCUT2D eigenvalue weighted by Crippen LogP contribution is 2.37. The number of nitrogens with zero attached hydrogens (tertiary/aromatic N) is 2. The maximum Gasteiger partial charge on any atom is 0.433 e. The van der Waals surface area contributed by atoms with Crippen LogP contribution in [0.5, 0.6) is 0 Å². The predicted molar refractivity (Wildman–Crippen MR) is 119 cm³/mol. The largest absolute Gasteiger partial charge is 0.481 e. The topological polar surface area (TPSA) is 75.1 Å². The van der Waals surface area contributed by atoms with Gasteiger partial charge in [-0.05, 0) is 72.9 Å². The minimum absolute atomic E-state index is 0.263. The summed E-state index contributed by atoms with van der Waals surface area (Å²) in [5.74, 6) is 0.546. The number of hydrogen-bond donors (Lipinski definition) is 2. The molecule has 0 saturated heterocycles. The van der Waals surface area contributed by atoms with Crippen LogP contribution in [-0.4, -0.2) is 21.0 Å². The van der Waals surface area contributed by atoms with Crippen molar-refractivity contribution in [2.75, 3.05) is 5.32 Å². The lowest BCUT2D eigenvalue weighted by Gasteiger charge is -2.28. The fourth-order valence-electron chi connectivity index (χ4n) is 4.32. The lowest BCUT2D eigenvalue weighted by molar-refractivity contribution is -0.141. The van der Waals surface area contributed by atoms with Gasteiger partial charge in [0, 0.05) is 18.2 Å². The Kier molecular flexibility index (Phi) is 6.62. The second kappa shape index (κ2) is 9.60. The Labute approximate surface area is 189 Å². The Morgan fingerprint density at radius 1 is 0.909 bits per heavy atom. The lowest BCUT2D eigenvalue weighted by atomic mass is 9.77. The molecule has 4 rings (SSSR count). The monoisotopic (exact) mass is 455 g/mol. The van der Waals surface area contributed by atoms with Crippen LogP contribution in [0.25, 0.3) is 11.1 Å². The van der Waals surface area contributed by atoms with Crippen molar-refractivity contribution in [2.45, 2.75) is 44.2 Å². The van der Waals surface area contributed by atoms with E-state index in [-0.39, 0.29) is 12.3 Å². The highest BCUT2D eigenvalue weighted by molar-refractivity contribution is 5.67. The number of hydrogen-bond acceptors (Lipinski definition) is 4. The molecule has 0 spiro atoms. The summed E-state index contributed by atoms with van der Waals surface area (Å²) in [5.41, 5.74) is 2.71. The molecule has 0 bridgehead atoms. The van der Waals surface area contributed by atoms with E-state index >= 15 is 0 Å². The lowest BCUT2D eigenvalue weighted by Crippen LogP contribution is -2.16. The van der Waals surface area contributed by atoms with Crippen LogP contribution < -0.4 is 5.32 Å². The molecule has 3 aromatic rings. The van der Waals surface area contributed by atoms with Crippen LogP contribution in [0.1, 0.15) is 49.3 Å². The van der Waals surface area contributed by atoms with Crippen molar-refractivity contribution in [3.8, 4) is 11.1 Å². The highest BCUT2D eigenvalue weighted by atomic mass is 19.4. The van der Waals surface area contributed by atoms with E-state index in [0.29, 0.717) is 17.4 Å². The van der Waals surface area contributed by atoms with Gasteiger partial charge in [0.15, 0.2) is 0 Å². The number of halogens is 3. The molecule has 1 saturated carbocycles. The number of pyridine rings is 2. The van der Waals surface area contributed by atoms with E-state index in [1.165, 1.54) is 11.6 Å². The zero-order chi connectivity index (χ0) is 23.4. The summed E-state index contributed by atoms with van der Waals surface area (Å²) in [6.45, 7) is 0. The minimum Gasteiger partial charge on any atom is -0.481 e. The first kappa shape index (κ1) is 22.8. The molecule has 1 aliphatic rings. The van der Waals surface area contributed by atoms with E-state index < -0.39 is 17.8 Å². The van der Waals surface area contributed by atoms with Gasteiger partial charge in [0.25, 0.3) is 0 Å². The molecule has 2 heterocycles. The summed E-state index contributed by atoms with van der Waals surface area (Å²) >= 11 is 0. The molecule has 1 aliphatic carbocycles. The Morgan fingerprint density at radius 3 is 2.15 bits per heavy atom. The molecule has 172 valence electrons. The molecule has 2 N–H and O–H groups in total. The third-order valence-electron chi connectivity index (χ3n) is 6.12. The van der Waals surface area contributed by atoms with Gasteiger partial charge < -0.3 is 10.4 Å². The smallest absolute Gasteiger partial charge is 0.433 e. The molecule has 1 aromatic carbocycles. The van der Waals surface area contributed by atoms with Crippen LogP contribution in [0, 0.1) is 5.92 Å². The van der Waals surface area contributed by atoms with Gasteiger partial charge in [-0.25, -0.2) is 9.97 Å². The number of anilines is 2. The molecular weight excluding hydrogens is 431 g/mol. The number of benzene rings is 1. The van der Waals surface area contributed by atoms with Gasteiger partial charge in [0.2, 0.25) is 0 Å². The fraction of sp³-hybridized carbons (Fsp3) is 0.320. The van der Waals surface area contributed by atoms with Gasteiger partial charge in [-0.3, -0.25) is 4.79 Å². The average Bonchev–Trinajstić information content (AvgIpc) is 2.80. The van der Waals surface area contributed by atoms with Crippen LogP contribution in [0.3, 0.4) is 0 Å². The molecule has 0 amide bonds. The van der Waals surface area contributed by atoms with Gasteiger partial charge in [-0.15, -0.1) is 0 Å². The molecule has 2 aromatic heterocycles. The first-order chi connectivity index (χ1) is 15.8. The summed E-state index contributed by atoms with van der Waals surface area (Å²) in [6, 6.07) is 14.3. The van der Waals surface area contributed by atoms with Gasteiger partial charge in [0.05, 0.1) is 11.9 Å². The highest BCUT2D eigenvalue weighted by Gasteiger charge is 2.32. The Balaban J connectivity index is 1.36. The Hall–Kier alpha value is -3.42. The first-order valence-electron chi connectivity index (χ1n) is 10.9. The van der Waals surface area contributed by atoms with Gasteiger partial charge in [-0.2, -0.15) is 13.2 Å². The van der Waals surface area contributed by atoms with E-state index in [1.807, 2.05) is 6.07 Å². The minimum atomic E-state index is -4.46. The number of alkyl halides is 3. The van der Waals surface area contributed by atoms with Crippen molar-refractivity contribution in [1.29, 1.82) is 0 Å². The fourth-order valence-corrected chi connectivity index (χ4v) is 4.32. The van der Waals surface area contributed by atoms with Crippen LogP contribution >= 0.6 is 0 Å². The van der Waals surface area contributed by atoms with Crippen LogP contribution in [0.2, 0.25) is 0 Å². The molecule has 0 atom stereocenters. The van der Waals surface area contributed by atoms with Crippen molar-refractivity contribution in [1.82, 2.24) is 9.97 Å². The molecule has 8 heteroatoms. The number of aliphatic carboxylic acids is 1. The molecular formula is C25H24F3N3O2. The van der Waals surface area contributed by atoms with E-state index in [9.17, 15) is 18.0 Å². The van der Waals surface area contributed by atoms with Crippen LogP contribution in [0.15, 0.2) is 60.9 Å². The summed E-state index contributed by atoms with van der Waals surface area (Å²) in [7, 11) is 0.